The number of nitrogens with zero attached hydrogens (tertiary/aromatic N) is 1. The van der Waals surface area contributed by atoms with E-state index in [-0.39, 0.29) is 17.7 Å². The molecule has 0 unspecified atom stereocenters. The molecule has 168 valence electrons. The highest BCUT2D eigenvalue weighted by molar-refractivity contribution is 5.94. The number of carbonyl (C=O) groups excluding carboxylic acids is 2. The van der Waals surface area contributed by atoms with Gasteiger partial charge >= 0.3 is 6.09 Å². The molecule has 0 aliphatic carbocycles. The third kappa shape index (κ3) is 7.84. The fourth-order valence-corrected chi connectivity index (χ4v) is 3.40. The zero-order valence-corrected chi connectivity index (χ0v) is 18.8. The Morgan fingerprint density at radius 1 is 1.23 bits per heavy atom. The van der Waals surface area contributed by atoms with E-state index >= 15 is 0 Å². The molecule has 0 radical (unpaired) electrons. The molecule has 30 heavy (non-hydrogen) atoms. The molecule has 0 spiro atoms. The number of benzene rings is 1. The molecule has 0 bridgehead atoms. The lowest BCUT2D eigenvalue weighted by atomic mass is 9.92. The van der Waals surface area contributed by atoms with Gasteiger partial charge in [-0.25, -0.2) is 9.18 Å². The van der Waals surface area contributed by atoms with E-state index in [1.54, 1.807) is 11.0 Å². The van der Waals surface area contributed by atoms with Gasteiger partial charge in [-0.15, -0.1) is 0 Å². The molecule has 0 aromatic heterocycles. The number of carbonyl (C=O) groups is 2. The lowest BCUT2D eigenvalue weighted by Crippen LogP contribution is -2.41. The van der Waals surface area contributed by atoms with E-state index in [9.17, 15) is 14.0 Å². The summed E-state index contributed by atoms with van der Waals surface area (Å²) in [6, 6.07) is 4.28. The molecule has 1 saturated heterocycles. The van der Waals surface area contributed by atoms with E-state index in [1.165, 1.54) is 12.1 Å². The average Bonchev–Trinajstić information content (AvgIpc) is 2.63. The third-order valence-electron chi connectivity index (χ3n) is 4.90. The Morgan fingerprint density at radius 2 is 1.90 bits per heavy atom. The molecule has 0 saturated carbocycles. The number of hydrogen-bond acceptors (Lipinski definition) is 4. The molecule has 1 aromatic rings. The van der Waals surface area contributed by atoms with E-state index < -0.39 is 17.3 Å². The topological polar surface area (TPSA) is 67.9 Å². The highest BCUT2D eigenvalue weighted by Gasteiger charge is 2.26. The molecule has 1 aromatic carbocycles. The molecule has 2 amide bonds. The smallest absolute Gasteiger partial charge is 0.410 e. The monoisotopic (exact) mass is 422 g/mol. The van der Waals surface area contributed by atoms with Crippen LogP contribution >= 0.6 is 0 Å². The van der Waals surface area contributed by atoms with Crippen LogP contribution in [0.5, 0.6) is 5.75 Å². The van der Waals surface area contributed by atoms with Gasteiger partial charge in [-0.2, -0.15) is 0 Å². The second-order valence-electron chi connectivity index (χ2n) is 9.17. The van der Waals surface area contributed by atoms with Crippen molar-refractivity contribution in [2.24, 2.45) is 5.92 Å². The number of ether oxygens (including phenoxy) is 2. The molecular formula is C23H35FN2O4. The van der Waals surface area contributed by atoms with Crippen LogP contribution in [0, 0.1) is 11.7 Å². The van der Waals surface area contributed by atoms with Gasteiger partial charge in [0.05, 0.1) is 12.2 Å². The van der Waals surface area contributed by atoms with Crippen LogP contribution in [-0.4, -0.2) is 48.2 Å². The summed E-state index contributed by atoms with van der Waals surface area (Å²) in [4.78, 5) is 25.8. The zero-order chi connectivity index (χ0) is 22.3. The SMILES string of the molecule is CC(C)NC(=O)c1ccc(OCCCC2CCN(C(=O)OC(C)(C)C)CC2)cc1F. The van der Waals surface area contributed by atoms with Crippen LogP contribution in [0.3, 0.4) is 0 Å². The average molecular weight is 423 g/mol. The van der Waals surface area contributed by atoms with Gasteiger partial charge in [0.15, 0.2) is 0 Å². The summed E-state index contributed by atoms with van der Waals surface area (Å²) >= 11 is 0. The van der Waals surface area contributed by atoms with Crippen LogP contribution in [0.25, 0.3) is 0 Å². The molecule has 1 aliphatic rings. The quantitative estimate of drug-likeness (QED) is 0.643. The minimum absolute atomic E-state index is 0.0211. The van der Waals surface area contributed by atoms with Gasteiger partial charge in [-0.3, -0.25) is 4.79 Å². The number of amides is 2. The van der Waals surface area contributed by atoms with Crippen molar-refractivity contribution in [3.63, 3.8) is 0 Å². The van der Waals surface area contributed by atoms with Crippen LogP contribution < -0.4 is 10.1 Å². The maximum atomic E-state index is 14.2. The van der Waals surface area contributed by atoms with Crippen molar-refractivity contribution in [2.45, 2.75) is 71.9 Å². The summed E-state index contributed by atoms with van der Waals surface area (Å²) in [5.74, 6) is -0.0357. The van der Waals surface area contributed by atoms with E-state index in [2.05, 4.69) is 5.32 Å². The number of likely N-dealkylation sites (tertiary alicyclic amines) is 1. The fraction of sp³-hybridized carbons (Fsp3) is 0.652. The Morgan fingerprint density at radius 3 is 2.47 bits per heavy atom. The van der Waals surface area contributed by atoms with Crippen LogP contribution in [0.2, 0.25) is 0 Å². The first kappa shape index (κ1) is 24.0. The summed E-state index contributed by atoms with van der Waals surface area (Å²) in [5.41, 5.74) is -0.450. The largest absolute Gasteiger partial charge is 0.493 e. The Bertz CT molecular complexity index is 722. The van der Waals surface area contributed by atoms with Crippen LogP contribution in [0.15, 0.2) is 18.2 Å². The summed E-state index contributed by atoms with van der Waals surface area (Å²) in [5, 5.41) is 2.68. The van der Waals surface area contributed by atoms with Crippen molar-refractivity contribution in [1.29, 1.82) is 0 Å². The second kappa shape index (κ2) is 10.6. The third-order valence-corrected chi connectivity index (χ3v) is 4.90. The van der Waals surface area contributed by atoms with Crippen molar-refractivity contribution < 1.29 is 23.5 Å². The van der Waals surface area contributed by atoms with Crippen molar-refractivity contribution in [3.8, 4) is 5.75 Å². The van der Waals surface area contributed by atoms with Gasteiger partial charge in [-0.1, -0.05) is 0 Å². The number of rotatable bonds is 7. The van der Waals surface area contributed by atoms with Gasteiger partial charge in [0, 0.05) is 25.2 Å². The van der Waals surface area contributed by atoms with E-state index in [4.69, 9.17) is 9.47 Å². The number of halogens is 1. The molecule has 0 atom stereocenters. The Balaban J connectivity index is 1.69. The Labute approximate surface area is 179 Å². The van der Waals surface area contributed by atoms with Crippen LogP contribution in [0.4, 0.5) is 9.18 Å². The number of piperidine rings is 1. The molecule has 1 heterocycles. The highest BCUT2D eigenvalue weighted by Crippen LogP contribution is 2.24. The van der Waals surface area contributed by atoms with Crippen LogP contribution in [0.1, 0.15) is 70.7 Å². The Kier molecular flexibility index (Phi) is 8.50. The van der Waals surface area contributed by atoms with Gasteiger partial charge < -0.3 is 19.7 Å². The lowest BCUT2D eigenvalue weighted by Gasteiger charge is -2.33. The predicted molar refractivity (Wildman–Crippen MR) is 114 cm³/mol. The fourth-order valence-electron chi connectivity index (χ4n) is 3.40. The van der Waals surface area contributed by atoms with Gasteiger partial charge in [0.25, 0.3) is 5.91 Å². The number of nitrogens with one attached hydrogen (secondary N) is 1. The Hall–Kier alpha value is -2.31. The maximum absolute atomic E-state index is 14.2. The first-order valence-corrected chi connectivity index (χ1v) is 10.8. The molecule has 1 aliphatic heterocycles. The van der Waals surface area contributed by atoms with Crippen molar-refractivity contribution in [2.75, 3.05) is 19.7 Å². The number of hydrogen-bond donors (Lipinski definition) is 1. The van der Waals surface area contributed by atoms with E-state index in [0.717, 1.165) is 25.7 Å². The minimum atomic E-state index is -0.583. The maximum Gasteiger partial charge on any atom is 0.410 e. The molecule has 1 N–H and O–H groups in total. The zero-order valence-electron chi connectivity index (χ0n) is 18.8. The molecule has 6 nitrogen and oxygen atoms in total. The molecule has 2 rings (SSSR count). The van der Waals surface area contributed by atoms with Gasteiger partial charge in [0.2, 0.25) is 0 Å². The first-order valence-electron chi connectivity index (χ1n) is 10.8. The molecule has 7 heteroatoms. The standard InChI is InChI=1S/C23H35FN2O4/c1-16(2)25-21(27)19-9-8-18(15-20(19)24)29-14-6-7-17-10-12-26(13-11-17)22(28)30-23(3,4)5/h8-9,15-17H,6-7,10-14H2,1-5H3,(H,25,27). The lowest BCUT2D eigenvalue weighted by molar-refractivity contribution is 0.0179. The minimum Gasteiger partial charge on any atom is -0.493 e. The summed E-state index contributed by atoms with van der Waals surface area (Å²) in [7, 11) is 0. The predicted octanol–water partition coefficient (Wildman–Crippen LogP) is 4.77. The van der Waals surface area contributed by atoms with E-state index in [1.807, 2.05) is 34.6 Å². The molecule has 1 fully saturated rings. The summed E-state index contributed by atoms with van der Waals surface area (Å²) < 4.78 is 25.2. The van der Waals surface area contributed by atoms with Gasteiger partial charge in [-0.05, 0) is 78.4 Å². The first-order chi connectivity index (χ1) is 14.0. The summed E-state index contributed by atoms with van der Waals surface area (Å²) in [6.07, 6.45) is 3.52. The van der Waals surface area contributed by atoms with Crippen LogP contribution in [-0.2, 0) is 4.74 Å². The molecular weight excluding hydrogens is 387 g/mol. The van der Waals surface area contributed by atoms with Crippen molar-refractivity contribution >= 4 is 12.0 Å². The van der Waals surface area contributed by atoms with E-state index in [0.29, 0.717) is 31.4 Å². The van der Waals surface area contributed by atoms with Crippen molar-refractivity contribution in [1.82, 2.24) is 10.2 Å². The normalized spacial score (nSPS) is 15.2. The van der Waals surface area contributed by atoms with Gasteiger partial charge in [0.1, 0.15) is 17.2 Å². The second-order valence-corrected chi connectivity index (χ2v) is 9.17. The van der Waals surface area contributed by atoms with Crippen molar-refractivity contribution in [3.05, 3.63) is 29.6 Å². The highest BCUT2D eigenvalue weighted by atomic mass is 19.1. The summed E-state index contributed by atoms with van der Waals surface area (Å²) in [6.45, 7) is 11.2.